The van der Waals surface area contributed by atoms with Crippen molar-refractivity contribution in [3.63, 3.8) is 0 Å². The highest BCUT2D eigenvalue weighted by atomic mass is 32.1. The van der Waals surface area contributed by atoms with E-state index < -0.39 is 0 Å². The Bertz CT molecular complexity index is 691. The average Bonchev–Trinajstić information content (AvgIpc) is 2.62. The van der Waals surface area contributed by atoms with Crippen LogP contribution in [0.3, 0.4) is 0 Å². The maximum atomic E-state index is 5.63. The van der Waals surface area contributed by atoms with Crippen molar-refractivity contribution < 1.29 is 9.47 Å². The molecule has 1 aliphatic heterocycles. The first-order valence-electron chi connectivity index (χ1n) is 8.20. The summed E-state index contributed by atoms with van der Waals surface area (Å²) in [6.07, 6.45) is 0.946. The molecule has 0 saturated heterocycles. The highest BCUT2D eigenvalue weighted by Gasteiger charge is 2.14. The lowest BCUT2D eigenvalue weighted by Gasteiger charge is -2.22. The third kappa shape index (κ3) is 4.38. The van der Waals surface area contributed by atoms with Crippen LogP contribution in [0.2, 0.25) is 0 Å². The van der Waals surface area contributed by atoms with Crippen LogP contribution in [0.25, 0.3) is 0 Å². The molecule has 0 saturated carbocycles. The number of thiocarbonyl (C=S) groups is 1. The molecule has 0 fully saturated rings. The number of ether oxygens (including phenoxy) is 2. The van der Waals surface area contributed by atoms with E-state index in [-0.39, 0.29) is 6.04 Å². The second-order valence-corrected chi connectivity index (χ2v) is 6.17. The summed E-state index contributed by atoms with van der Waals surface area (Å²) in [6, 6.07) is 16.5. The van der Waals surface area contributed by atoms with E-state index in [1.807, 2.05) is 24.3 Å². The van der Waals surface area contributed by atoms with Crippen molar-refractivity contribution in [3.05, 3.63) is 59.7 Å². The van der Waals surface area contributed by atoms with Gasteiger partial charge < -0.3 is 20.1 Å². The first kappa shape index (κ1) is 16.6. The highest BCUT2D eigenvalue weighted by molar-refractivity contribution is 7.80. The first-order chi connectivity index (χ1) is 11.7. The fourth-order valence-electron chi connectivity index (χ4n) is 2.63. The van der Waals surface area contributed by atoms with Crippen molar-refractivity contribution in [2.24, 2.45) is 0 Å². The largest absolute Gasteiger partial charge is 0.486 e. The van der Waals surface area contributed by atoms with Gasteiger partial charge in [-0.3, -0.25) is 0 Å². The molecular weight excluding hydrogens is 320 g/mol. The molecule has 0 unspecified atom stereocenters. The van der Waals surface area contributed by atoms with Crippen molar-refractivity contribution in [1.82, 2.24) is 10.6 Å². The number of fused-ring (bicyclic) bond motifs is 1. The maximum Gasteiger partial charge on any atom is 0.166 e. The van der Waals surface area contributed by atoms with E-state index in [0.717, 1.165) is 30.0 Å². The molecule has 1 heterocycles. The van der Waals surface area contributed by atoms with Crippen LogP contribution in [0, 0.1) is 0 Å². The molecular formula is C19H22N2O2S. The van der Waals surface area contributed by atoms with Crippen LogP contribution < -0.4 is 20.1 Å². The molecule has 4 nitrogen and oxygen atoms in total. The van der Waals surface area contributed by atoms with Gasteiger partial charge in [0, 0.05) is 6.54 Å². The van der Waals surface area contributed by atoms with Crippen LogP contribution in [0.5, 0.6) is 11.5 Å². The molecule has 1 atom stereocenters. The Kier molecular flexibility index (Phi) is 5.54. The second-order valence-electron chi connectivity index (χ2n) is 5.76. The van der Waals surface area contributed by atoms with Gasteiger partial charge in [0.2, 0.25) is 0 Å². The number of nitrogens with one attached hydrogen (secondary N) is 2. The third-order valence-corrected chi connectivity index (χ3v) is 4.22. The predicted octanol–water partition coefficient (Wildman–Crippen LogP) is 3.23. The number of hydrogen-bond acceptors (Lipinski definition) is 3. The van der Waals surface area contributed by atoms with Gasteiger partial charge in [0.1, 0.15) is 13.2 Å². The molecule has 3 rings (SSSR count). The molecule has 126 valence electrons. The van der Waals surface area contributed by atoms with Gasteiger partial charge in [0.05, 0.1) is 6.04 Å². The van der Waals surface area contributed by atoms with Crippen molar-refractivity contribution >= 4 is 17.3 Å². The minimum absolute atomic E-state index is 0.0950. The number of rotatable bonds is 5. The van der Waals surface area contributed by atoms with Crippen LogP contribution in [-0.4, -0.2) is 24.9 Å². The van der Waals surface area contributed by atoms with Gasteiger partial charge in [0.15, 0.2) is 16.6 Å². The molecule has 0 bridgehead atoms. The smallest absolute Gasteiger partial charge is 0.166 e. The molecule has 1 aliphatic rings. The van der Waals surface area contributed by atoms with Crippen LogP contribution in [0.15, 0.2) is 48.5 Å². The van der Waals surface area contributed by atoms with Gasteiger partial charge in [-0.05, 0) is 48.8 Å². The Morgan fingerprint density at radius 2 is 1.83 bits per heavy atom. The van der Waals surface area contributed by atoms with Gasteiger partial charge in [0.25, 0.3) is 0 Å². The summed E-state index contributed by atoms with van der Waals surface area (Å²) < 4.78 is 11.2. The van der Waals surface area contributed by atoms with Gasteiger partial charge >= 0.3 is 0 Å². The lowest BCUT2D eigenvalue weighted by Crippen LogP contribution is -2.37. The summed E-state index contributed by atoms with van der Waals surface area (Å²) >= 11 is 5.39. The van der Waals surface area contributed by atoms with E-state index in [4.69, 9.17) is 21.7 Å². The Morgan fingerprint density at radius 1 is 1.08 bits per heavy atom. The third-order valence-electron chi connectivity index (χ3n) is 3.96. The minimum atomic E-state index is 0.0950. The first-order valence-corrected chi connectivity index (χ1v) is 8.61. The molecule has 0 spiro atoms. The van der Waals surface area contributed by atoms with E-state index in [1.165, 1.54) is 5.56 Å². The molecule has 0 amide bonds. The zero-order valence-electron chi connectivity index (χ0n) is 13.7. The molecule has 0 radical (unpaired) electrons. The van der Waals surface area contributed by atoms with E-state index >= 15 is 0 Å². The van der Waals surface area contributed by atoms with Gasteiger partial charge in [-0.15, -0.1) is 0 Å². The molecule has 5 heteroatoms. The summed E-state index contributed by atoms with van der Waals surface area (Å²) in [4.78, 5) is 0. The van der Waals surface area contributed by atoms with Crippen molar-refractivity contribution in [2.45, 2.75) is 19.4 Å². The highest BCUT2D eigenvalue weighted by Crippen LogP contribution is 2.32. The predicted molar refractivity (Wildman–Crippen MR) is 99.7 cm³/mol. The SMILES string of the molecule is C[C@@H](NC(=S)NCCc1ccccc1)c1ccc2c(c1)OCCO2. The van der Waals surface area contributed by atoms with E-state index in [9.17, 15) is 0 Å². The summed E-state index contributed by atoms with van der Waals surface area (Å²) in [5, 5.41) is 7.23. The molecule has 0 aliphatic carbocycles. The van der Waals surface area contributed by atoms with Crippen molar-refractivity contribution in [2.75, 3.05) is 19.8 Å². The zero-order chi connectivity index (χ0) is 16.8. The van der Waals surface area contributed by atoms with Crippen LogP contribution >= 0.6 is 12.2 Å². The summed E-state index contributed by atoms with van der Waals surface area (Å²) in [7, 11) is 0. The standard InChI is InChI=1S/C19H22N2O2S/c1-14(16-7-8-17-18(13-16)23-12-11-22-17)21-19(24)20-10-9-15-5-3-2-4-6-15/h2-8,13-14H,9-12H2,1H3,(H2,20,21,24)/t14-/m1/s1. The van der Waals surface area contributed by atoms with Gasteiger partial charge in [-0.2, -0.15) is 0 Å². The van der Waals surface area contributed by atoms with E-state index in [0.29, 0.717) is 18.3 Å². The second kappa shape index (κ2) is 8.02. The van der Waals surface area contributed by atoms with Crippen molar-refractivity contribution in [3.8, 4) is 11.5 Å². The van der Waals surface area contributed by atoms with E-state index in [2.05, 4.69) is 41.8 Å². The Balaban J connectivity index is 1.49. The quantitative estimate of drug-likeness (QED) is 0.817. The minimum Gasteiger partial charge on any atom is -0.486 e. The number of benzene rings is 2. The maximum absolute atomic E-state index is 5.63. The van der Waals surface area contributed by atoms with Crippen LogP contribution in [-0.2, 0) is 6.42 Å². The average molecular weight is 342 g/mol. The Labute approximate surface area is 148 Å². The lowest BCUT2D eigenvalue weighted by molar-refractivity contribution is 0.171. The van der Waals surface area contributed by atoms with Gasteiger partial charge in [-0.25, -0.2) is 0 Å². The van der Waals surface area contributed by atoms with Crippen LogP contribution in [0.1, 0.15) is 24.1 Å². The Hall–Kier alpha value is -2.27. The lowest BCUT2D eigenvalue weighted by atomic mass is 10.1. The summed E-state index contributed by atoms with van der Waals surface area (Å²) in [5.41, 5.74) is 2.42. The van der Waals surface area contributed by atoms with Crippen LogP contribution in [0.4, 0.5) is 0 Å². The molecule has 0 aromatic heterocycles. The van der Waals surface area contributed by atoms with Crippen molar-refractivity contribution in [1.29, 1.82) is 0 Å². The normalized spacial score (nSPS) is 13.9. The zero-order valence-corrected chi connectivity index (χ0v) is 14.6. The fraction of sp³-hybridized carbons (Fsp3) is 0.316. The topological polar surface area (TPSA) is 42.5 Å². The summed E-state index contributed by atoms with van der Waals surface area (Å²) in [6.45, 7) is 4.09. The molecule has 2 aromatic carbocycles. The summed E-state index contributed by atoms with van der Waals surface area (Å²) in [5.74, 6) is 1.61. The van der Waals surface area contributed by atoms with E-state index in [1.54, 1.807) is 0 Å². The molecule has 24 heavy (non-hydrogen) atoms. The fourth-order valence-corrected chi connectivity index (χ4v) is 2.90. The molecule has 2 N–H and O–H groups in total. The Morgan fingerprint density at radius 3 is 2.62 bits per heavy atom. The molecule has 2 aromatic rings. The van der Waals surface area contributed by atoms with Gasteiger partial charge in [-0.1, -0.05) is 36.4 Å². The monoisotopic (exact) mass is 342 g/mol. The number of hydrogen-bond donors (Lipinski definition) is 2.